The number of anilines is 3. The van der Waals surface area contributed by atoms with Crippen LogP contribution in [-0.4, -0.2) is 24.3 Å². The number of pyridine rings is 1. The molecule has 4 aromatic rings. The summed E-state index contributed by atoms with van der Waals surface area (Å²) in [7, 11) is -3.15. The number of carbonyl (C=O) groups is 1. The van der Waals surface area contributed by atoms with E-state index in [1.807, 2.05) is 12.1 Å². The van der Waals surface area contributed by atoms with Crippen molar-refractivity contribution in [1.82, 2.24) is 9.97 Å². The molecule has 0 bridgehead atoms. The fraction of sp³-hybridized carbons (Fsp3) is 0.0455. The molecule has 4 rings (SSSR count). The molecule has 0 saturated carbocycles. The topological polar surface area (TPSA) is 92.3 Å². The van der Waals surface area contributed by atoms with E-state index in [1.54, 1.807) is 29.9 Å². The number of nitrogens with zero attached hydrogens (tertiary/aromatic N) is 3. The fourth-order valence-electron chi connectivity index (χ4n) is 3.08. The van der Waals surface area contributed by atoms with Crippen molar-refractivity contribution < 1.29 is 17.6 Å². The van der Waals surface area contributed by atoms with Gasteiger partial charge in [-0.05, 0) is 55.0 Å². The van der Waals surface area contributed by atoms with Gasteiger partial charge >= 0.3 is 0 Å². The maximum atomic E-state index is 13.7. The highest BCUT2D eigenvalue weighted by Gasteiger charge is 2.21. The number of aromatic nitrogens is 2. The number of thiazole rings is 1. The average Bonchev–Trinajstić information content (AvgIpc) is 3.25. The van der Waals surface area contributed by atoms with E-state index < -0.39 is 22.6 Å². The largest absolute Gasteiger partial charge is 0.298 e. The molecule has 162 valence electrons. The summed E-state index contributed by atoms with van der Waals surface area (Å²) < 4.78 is 38.9. The van der Waals surface area contributed by atoms with E-state index in [0.717, 1.165) is 9.87 Å². The zero-order chi connectivity index (χ0) is 22.7. The van der Waals surface area contributed by atoms with Crippen LogP contribution in [0.3, 0.4) is 0 Å². The zero-order valence-electron chi connectivity index (χ0n) is 16.7. The number of halogens is 1. The molecule has 0 aliphatic heterocycles. The molecule has 0 fully saturated rings. The summed E-state index contributed by atoms with van der Waals surface area (Å²) in [6.45, 7) is 1.54. The molecular formula is C22H17FN4O3S2. The Bertz CT molecular complexity index is 1350. The third-order valence-corrected chi connectivity index (χ3v) is 6.16. The van der Waals surface area contributed by atoms with Crippen LogP contribution in [0.4, 0.5) is 20.9 Å². The second-order valence-electron chi connectivity index (χ2n) is 6.73. The summed E-state index contributed by atoms with van der Waals surface area (Å²) in [4.78, 5) is 21.4. The van der Waals surface area contributed by atoms with E-state index in [9.17, 15) is 17.6 Å². The Hall–Kier alpha value is -3.63. The predicted molar refractivity (Wildman–Crippen MR) is 123 cm³/mol. The minimum absolute atomic E-state index is 0.134. The van der Waals surface area contributed by atoms with Crippen LogP contribution in [0.1, 0.15) is 15.9 Å². The molecule has 1 N–H and O–H groups in total. The van der Waals surface area contributed by atoms with Gasteiger partial charge in [0.2, 0.25) is 10.9 Å². The average molecular weight is 469 g/mol. The number of amides is 1. The normalized spacial score (nSPS) is 10.8. The van der Waals surface area contributed by atoms with Crippen LogP contribution in [0.15, 0.2) is 72.4 Å². The van der Waals surface area contributed by atoms with Gasteiger partial charge in [0.1, 0.15) is 5.82 Å². The summed E-state index contributed by atoms with van der Waals surface area (Å²) in [5, 5.41) is 4.90. The van der Waals surface area contributed by atoms with Crippen LogP contribution in [0.25, 0.3) is 11.3 Å². The van der Waals surface area contributed by atoms with Crippen molar-refractivity contribution in [1.29, 1.82) is 0 Å². The lowest BCUT2D eigenvalue weighted by Crippen LogP contribution is -2.20. The van der Waals surface area contributed by atoms with Crippen molar-refractivity contribution in [3.05, 3.63) is 89.3 Å². The Morgan fingerprint density at radius 3 is 2.56 bits per heavy atom. The highest BCUT2D eigenvalue weighted by molar-refractivity contribution is 7.74. The molecule has 0 spiro atoms. The van der Waals surface area contributed by atoms with Crippen molar-refractivity contribution in [2.75, 3.05) is 9.62 Å². The second kappa shape index (κ2) is 9.25. The van der Waals surface area contributed by atoms with Crippen LogP contribution in [0.2, 0.25) is 0 Å². The molecule has 2 aromatic heterocycles. The van der Waals surface area contributed by atoms with Gasteiger partial charge in [-0.1, -0.05) is 12.1 Å². The SMILES string of the molecule is Cc1cc(N(c2ccccc2C(=O)Nc2nc(-c3ccncc3)cs2)[SH](=O)=O)ccc1F. The van der Waals surface area contributed by atoms with Crippen molar-refractivity contribution in [2.24, 2.45) is 0 Å². The van der Waals surface area contributed by atoms with Gasteiger partial charge in [-0.25, -0.2) is 22.1 Å². The molecule has 0 aliphatic rings. The Morgan fingerprint density at radius 2 is 1.84 bits per heavy atom. The lowest BCUT2D eigenvalue weighted by atomic mass is 10.1. The highest BCUT2D eigenvalue weighted by Crippen LogP contribution is 2.31. The van der Waals surface area contributed by atoms with E-state index in [4.69, 9.17) is 0 Å². The molecule has 0 radical (unpaired) electrons. The number of thiol groups is 1. The molecule has 0 unspecified atom stereocenters. The summed E-state index contributed by atoms with van der Waals surface area (Å²) in [5.41, 5.74) is 2.35. The summed E-state index contributed by atoms with van der Waals surface area (Å²) in [5.74, 6) is -0.966. The Balaban J connectivity index is 1.66. The third kappa shape index (κ3) is 4.51. The van der Waals surface area contributed by atoms with E-state index in [1.165, 1.54) is 48.6 Å². The molecule has 0 atom stereocenters. The number of benzene rings is 2. The Kier molecular flexibility index (Phi) is 6.24. The monoisotopic (exact) mass is 468 g/mol. The smallest absolute Gasteiger partial charge is 0.259 e. The number of aryl methyl sites for hydroxylation is 1. The number of rotatable bonds is 6. The maximum absolute atomic E-state index is 13.7. The number of hydrogen-bond donors (Lipinski definition) is 2. The van der Waals surface area contributed by atoms with Gasteiger partial charge in [-0.2, -0.15) is 0 Å². The maximum Gasteiger partial charge on any atom is 0.259 e. The molecule has 2 heterocycles. The summed E-state index contributed by atoms with van der Waals surface area (Å²) >= 11 is 1.25. The molecule has 10 heteroatoms. The van der Waals surface area contributed by atoms with E-state index >= 15 is 0 Å². The van der Waals surface area contributed by atoms with Gasteiger partial charge in [0.15, 0.2) is 5.13 Å². The van der Waals surface area contributed by atoms with E-state index in [2.05, 4.69) is 15.3 Å². The number of nitrogens with one attached hydrogen (secondary N) is 1. The predicted octanol–water partition coefficient (Wildman–Crippen LogP) is 4.57. The molecular weight excluding hydrogens is 451 g/mol. The van der Waals surface area contributed by atoms with Gasteiger partial charge in [-0.3, -0.25) is 15.1 Å². The van der Waals surface area contributed by atoms with Crippen molar-refractivity contribution in [2.45, 2.75) is 6.92 Å². The minimum Gasteiger partial charge on any atom is -0.298 e. The Morgan fingerprint density at radius 1 is 1.09 bits per heavy atom. The zero-order valence-corrected chi connectivity index (χ0v) is 18.4. The highest BCUT2D eigenvalue weighted by atomic mass is 32.2. The summed E-state index contributed by atoms with van der Waals surface area (Å²) in [6, 6.07) is 13.9. The van der Waals surface area contributed by atoms with Gasteiger partial charge in [0.05, 0.1) is 22.6 Å². The van der Waals surface area contributed by atoms with Gasteiger partial charge in [0.25, 0.3) is 5.91 Å². The number of carbonyl (C=O) groups excluding carboxylic acids is 1. The first-order valence-corrected chi connectivity index (χ1v) is 11.4. The van der Waals surface area contributed by atoms with Gasteiger partial charge in [-0.15, -0.1) is 11.3 Å². The fourth-order valence-corrected chi connectivity index (χ4v) is 4.46. The van der Waals surface area contributed by atoms with E-state index in [0.29, 0.717) is 10.8 Å². The lowest BCUT2D eigenvalue weighted by Gasteiger charge is -2.21. The van der Waals surface area contributed by atoms with Gasteiger partial charge in [0, 0.05) is 23.3 Å². The first-order valence-electron chi connectivity index (χ1n) is 9.41. The third-order valence-electron chi connectivity index (χ3n) is 4.63. The number of hydrogen-bond acceptors (Lipinski definition) is 6. The molecule has 0 aliphatic carbocycles. The van der Waals surface area contributed by atoms with Crippen molar-refractivity contribution >= 4 is 44.6 Å². The van der Waals surface area contributed by atoms with Crippen molar-refractivity contribution in [3.63, 3.8) is 0 Å². The molecule has 1 amide bonds. The van der Waals surface area contributed by atoms with Crippen LogP contribution in [0.5, 0.6) is 0 Å². The first-order chi connectivity index (χ1) is 15.4. The molecule has 32 heavy (non-hydrogen) atoms. The molecule has 7 nitrogen and oxygen atoms in total. The summed E-state index contributed by atoms with van der Waals surface area (Å²) in [6.07, 6.45) is 3.30. The molecule has 0 saturated heterocycles. The van der Waals surface area contributed by atoms with Crippen LogP contribution in [0, 0.1) is 12.7 Å². The van der Waals surface area contributed by atoms with Crippen LogP contribution in [-0.2, 0) is 10.9 Å². The van der Waals surface area contributed by atoms with Gasteiger partial charge < -0.3 is 0 Å². The van der Waals surface area contributed by atoms with Crippen molar-refractivity contribution in [3.8, 4) is 11.3 Å². The standard InChI is InChI=1S/C22H17FN4O3S2/c1-14-12-16(6-7-18(14)23)27(32(29)30)20-5-3-2-4-17(20)21(28)26-22-25-19(13-31-22)15-8-10-24-11-9-15/h2-13,32H,1H3,(H,25,26,28). The quantitative estimate of drug-likeness (QED) is 0.405. The first kappa shape index (κ1) is 21.6. The van der Waals surface area contributed by atoms with Crippen LogP contribution < -0.4 is 9.62 Å². The Labute approximate surface area is 189 Å². The lowest BCUT2D eigenvalue weighted by molar-refractivity contribution is 0.102. The molecule has 2 aromatic carbocycles. The van der Waals surface area contributed by atoms with Crippen LogP contribution >= 0.6 is 11.3 Å². The number of para-hydroxylation sites is 1. The second-order valence-corrected chi connectivity index (χ2v) is 8.46. The van der Waals surface area contributed by atoms with E-state index in [-0.39, 0.29) is 22.5 Å². The minimum atomic E-state index is -3.15.